The summed E-state index contributed by atoms with van der Waals surface area (Å²) in [5.41, 5.74) is 1.61. The minimum atomic E-state index is -0.329. The molecule has 0 atom stereocenters. The molecule has 5 nitrogen and oxygen atoms in total. The zero-order valence-corrected chi connectivity index (χ0v) is 8.20. The van der Waals surface area contributed by atoms with E-state index in [1.54, 1.807) is 5.59 Å². The molecular formula is C8H16N2O3. The van der Waals surface area contributed by atoms with Gasteiger partial charge in [-0.3, -0.25) is 10.0 Å². The van der Waals surface area contributed by atoms with Crippen LogP contribution in [0, 0.1) is 5.92 Å². The molecule has 0 bridgehead atoms. The number of esters is 1. The highest BCUT2D eigenvalue weighted by atomic mass is 16.6. The Morgan fingerprint density at radius 1 is 1.62 bits per heavy atom. The highest BCUT2D eigenvalue weighted by Gasteiger charge is 2.11. The Hall–Kier alpha value is -1.10. The third kappa shape index (κ3) is 5.19. The Labute approximate surface area is 77.7 Å². The summed E-state index contributed by atoms with van der Waals surface area (Å²) in [4.78, 5) is 11.0. The molecule has 0 radical (unpaired) electrons. The Morgan fingerprint density at radius 2 is 2.23 bits per heavy atom. The lowest BCUT2D eigenvalue weighted by molar-refractivity contribution is -0.136. The Balaban J connectivity index is 4.11. The van der Waals surface area contributed by atoms with Crippen LogP contribution < -0.4 is 5.59 Å². The molecule has 13 heavy (non-hydrogen) atoms. The maximum atomic E-state index is 11.0. The van der Waals surface area contributed by atoms with Crippen LogP contribution >= 0.6 is 0 Å². The zero-order chi connectivity index (χ0) is 10.3. The Bertz CT molecular complexity index is 190. The summed E-state index contributed by atoms with van der Waals surface area (Å²) in [6.07, 6.45) is 1.09. The van der Waals surface area contributed by atoms with Crippen molar-refractivity contribution in [1.82, 2.24) is 5.59 Å². The smallest absolute Gasteiger partial charge is 0.312 e. The van der Waals surface area contributed by atoms with E-state index in [0.29, 0.717) is 6.42 Å². The van der Waals surface area contributed by atoms with E-state index < -0.39 is 0 Å². The van der Waals surface area contributed by atoms with E-state index in [2.05, 4.69) is 5.10 Å². The second-order valence-electron chi connectivity index (χ2n) is 2.93. The topological polar surface area (TPSA) is 70.9 Å². The number of hydrazone groups is 1. The molecule has 0 saturated carbocycles. The molecule has 76 valence electrons. The zero-order valence-electron chi connectivity index (χ0n) is 8.20. The Morgan fingerprint density at radius 3 is 2.62 bits per heavy atom. The van der Waals surface area contributed by atoms with E-state index in [0.717, 1.165) is 6.42 Å². The summed E-state index contributed by atoms with van der Waals surface area (Å²) in [5, 5.41) is 11.7. The van der Waals surface area contributed by atoms with Gasteiger partial charge in [0.2, 0.25) is 5.90 Å². The summed E-state index contributed by atoms with van der Waals surface area (Å²) in [7, 11) is 0. The molecule has 0 fully saturated rings. The van der Waals surface area contributed by atoms with Crippen molar-refractivity contribution in [3.63, 3.8) is 0 Å². The average Bonchev–Trinajstić information content (AvgIpc) is 2.04. The normalized spacial score (nSPS) is 11.6. The molecule has 0 aliphatic carbocycles. The number of nitrogens with one attached hydrogen (secondary N) is 1. The number of carbonyl (C=O) groups excluding carboxylic acids is 1. The second-order valence-corrected chi connectivity index (χ2v) is 2.93. The number of rotatable bonds is 4. The van der Waals surface area contributed by atoms with Crippen LogP contribution in [-0.2, 0) is 9.53 Å². The lowest BCUT2D eigenvalue weighted by Gasteiger charge is -2.08. The molecule has 2 N–H and O–H groups in total. The van der Waals surface area contributed by atoms with Crippen LogP contribution in [0.5, 0.6) is 0 Å². The van der Waals surface area contributed by atoms with Gasteiger partial charge in [0, 0.05) is 12.3 Å². The molecule has 0 aromatic carbocycles. The molecule has 0 aromatic heterocycles. The number of nitrogens with zero attached hydrogens (tertiary/aromatic N) is 1. The lowest BCUT2D eigenvalue weighted by atomic mass is 10.2. The van der Waals surface area contributed by atoms with Crippen molar-refractivity contribution in [3.05, 3.63) is 0 Å². The summed E-state index contributed by atoms with van der Waals surface area (Å²) in [6.45, 7) is 5.52. The summed E-state index contributed by atoms with van der Waals surface area (Å²) >= 11 is 0. The van der Waals surface area contributed by atoms with Crippen molar-refractivity contribution in [3.8, 4) is 0 Å². The third-order valence-electron chi connectivity index (χ3n) is 1.33. The van der Waals surface area contributed by atoms with E-state index in [4.69, 9.17) is 9.94 Å². The quantitative estimate of drug-likeness (QED) is 0.302. The number of ether oxygens (including phenoxy) is 1. The molecule has 0 aliphatic rings. The highest BCUT2D eigenvalue weighted by Crippen LogP contribution is 2.01. The van der Waals surface area contributed by atoms with E-state index in [1.807, 2.05) is 20.8 Å². The van der Waals surface area contributed by atoms with E-state index in [1.165, 1.54) is 0 Å². The van der Waals surface area contributed by atoms with Gasteiger partial charge in [0.05, 0.1) is 0 Å². The van der Waals surface area contributed by atoms with Crippen LogP contribution in [0.2, 0.25) is 0 Å². The highest BCUT2D eigenvalue weighted by molar-refractivity contribution is 5.89. The molecule has 0 heterocycles. The van der Waals surface area contributed by atoms with Crippen molar-refractivity contribution in [1.29, 1.82) is 0 Å². The number of hydrogen-bond acceptors (Lipinski definition) is 5. The van der Waals surface area contributed by atoms with Gasteiger partial charge in [-0.15, -0.1) is 5.10 Å². The largest absolute Gasteiger partial charge is 0.410 e. The molecule has 5 heteroatoms. The van der Waals surface area contributed by atoms with Crippen molar-refractivity contribution in [2.75, 3.05) is 0 Å². The number of hydrogen-bond donors (Lipinski definition) is 2. The van der Waals surface area contributed by atoms with Crippen molar-refractivity contribution in [2.45, 2.75) is 33.6 Å². The van der Waals surface area contributed by atoms with Crippen LogP contribution in [0.4, 0.5) is 0 Å². The van der Waals surface area contributed by atoms with Gasteiger partial charge in [-0.1, -0.05) is 20.8 Å². The fourth-order valence-corrected chi connectivity index (χ4v) is 0.691. The predicted octanol–water partition coefficient (Wildman–Crippen LogP) is 1.28. The van der Waals surface area contributed by atoms with Gasteiger partial charge in [0.25, 0.3) is 0 Å². The van der Waals surface area contributed by atoms with Crippen LogP contribution in [0.15, 0.2) is 5.10 Å². The van der Waals surface area contributed by atoms with Gasteiger partial charge in [-0.25, -0.2) is 0 Å². The minimum Gasteiger partial charge on any atom is -0.410 e. The van der Waals surface area contributed by atoms with Crippen molar-refractivity contribution in [2.24, 2.45) is 11.0 Å². The average molecular weight is 188 g/mol. The molecule has 0 unspecified atom stereocenters. The van der Waals surface area contributed by atoms with E-state index in [-0.39, 0.29) is 17.8 Å². The van der Waals surface area contributed by atoms with Gasteiger partial charge >= 0.3 is 5.97 Å². The van der Waals surface area contributed by atoms with Gasteiger partial charge < -0.3 is 4.74 Å². The SMILES string of the molecule is CCCC(=O)OC(=NNO)C(C)C. The molecule has 0 saturated heterocycles. The first-order chi connectivity index (χ1) is 6.11. The first-order valence-electron chi connectivity index (χ1n) is 4.29. The van der Waals surface area contributed by atoms with Crippen molar-refractivity contribution >= 4 is 11.9 Å². The van der Waals surface area contributed by atoms with Gasteiger partial charge in [0.15, 0.2) is 0 Å². The summed E-state index contributed by atoms with van der Waals surface area (Å²) < 4.78 is 4.88. The minimum absolute atomic E-state index is 0.0412. The van der Waals surface area contributed by atoms with Gasteiger partial charge in [0.1, 0.15) is 0 Å². The van der Waals surface area contributed by atoms with Crippen LogP contribution in [0.1, 0.15) is 33.6 Å². The van der Waals surface area contributed by atoms with E-state index >= 15 is 0 Å². The molecule has 0 aromatic rings. The van der Waals surface area contributed by atoms with Gasteiger partial charge in [-0.2, -0.15) is 5.59 Å². The molecule has 0 spiro atoms. The van der Waals surface area contributed by atoms with Crippen molar-refractivity contribution < 1.29 is 14.7 Å². The summed E-state index contributed by atoms with van der Waals surface area (Å²) in [6, 6.07) is 0. The fraction of sp³-hybridized carbons (Fsp3) is 0.750. The molecular weight excluding hydrogens is 172 g/mol. The first kappa shape index (κ1) is 11.9. The first-order valence-corrected chi connectivity index (χ1v) is 4.29. The monoisotopic (exact) mass is 188 g/mol. The maximum absolute atomic E-state index is 11.0. The Kier molecular flexibility index (Phi) is 5.88. The molecule has 0 amide bonds. The van der Waals surface area contributed by atoms with Crippen LogP contribution in [-0.4, -0.2) is 17.1 Å². The third-order valence-corrected chi connectivity index (χ3v) is 1.33. The predicted molar refractivity (Wildman–Crippen MR) is 48.2 cm³/mol. The molecule has 0 rings (SSSR count). The maximum Gasteiger partial charge on any atom is 0.312 e. The number of carbonyl (C=O) groups is 1. The van der Waals surface area contributed by atoms with Crippen LogP contribution in [0.25, 0.3) is 0 Å². The molecule has 0 aliphatic heterocycles. The second kappa shape index (κ2) is 6.42. The fourth-order valence-electron chi connectivity index (χ4n) is 0.691. The standard InChI is InChI=1S/C8H16N2O3/c1-4-5-7(11)13-8(6(2)3)9-10-12/h6,10,12H,4-5H2,1-3H3. The van der Waals surface area contributed by atoms with E-state index in [9.17, 15) is 4.79 Å². The summed E-state index contributed by atoms with van der Waals surface area (Å²) in [5.74, 6) is -0.174. The lowest BCUT2D eigenvalue weighted by Crippen LogP contribution is -2.20. The van der Waals surface area contributed by atoms with Gasteiger partial charge in [-0.05, 0) is 6.42 Å². The van der Waals surface area contributed by atoms with Crippen LogP contribution in [0.3, 0.4) is 0 Å².